The molecule has 0 bridgehead atoms. The van der Waals surface area contributed by atoms with E-state index in [0.29, 0.717) is 6.54 Å². The number of carbonyl (C=O) groups is 1. The highest BCUT2D eigenvalue weighted by Gasteiger charge is 2.18. The van der Waals surface area contributed by atoms with E-state index in [-0.39, 0.29) is 5.78 Å². The lowest BCUT2D eigenvalue weighted by atomic mass is 10.1. The van der Waals surface area contributed by atoms with E-state index in [1.807, 2.05) is 12.1 Å². The fourth-order valence-corrected chi connectivity index (χ4v) is 3.44. The van der Waals surface area contributed by atoms with Gasteiger partial charge in [0, 0.05) is 32.6 Å². The topological polar surface area (TPSA) is 23.6 Å². The van der Waals surface area contributed by atoms with Gasteiger partial charge in [-0.25, -0.2) is 0 Å². The van der Waals surface area contributed by atoms with Gasteiger partial charge in [-0.3, -0.25) is 9.69 Å². The fraction of sp³-hybridized carbons (Fsp3) is 0.632. The number of hydrogen-bond acceptors (Lipinski definition) is 4. The van der Waals surface area contributed by atoms with Crippen molar-refractivity contribution in [3.05, 3.63) is 21.9 Å². The van der Waals surface area contributed by atoms with E-state index >= 15 is 0 Å². The van der Waals surface area contributed by atoms with Crippen LogP contribution in [0.3, 0.4) is 0 Å². The molecule has 1 aromatic rings. The Morgan fingerprint density at radius 2 is 1.96 bits per heavy atom. The molecule has 4 heteroatoms. The zero-order valence-corrected chi connectivity index (χ0v) is 15.3. The van der Waals surface area contributed by atoms with Crippen molar-refractivity contribution < 1.29 is 4.79 Å². The van der Waals surface area contributed by atoms with Gasteiger partial charge in [0.1, 0.15) is 0 Å². The first kappa shape index (κ1) is 18.2. The van der Waals surface area contributed by atoms with E-state index in [1.54, 1.807) is 0 Å². The SMILES string of the molecule is CCCCCCC#Cc1ccc(C(=O)CN2CCN(C)CC2)s1. The lowest BCUT2D eigenvalue weighted by Gasteiger charge is -2.31. The second kappa shape index (κ2) is 9.87. The van der Waals surface area contributed by atoms with Crippen LogP contribution >= 0.6 is 11.3 Å². The zero-order valence-electron chi connectivity index (χ0n) is 14.4. The number of rotatable bonds is 7. The van der Waals surface area contributed by atoms with Crippen molar-refractivity contribution in [1.82, 2.24) is 9.80 Å². The van der Waals surface area contributed by atoms with Crippen LogP contribution < -0.4 is 0 Å². The Balaban J connectivity index is 1.77. The summed E-state index contributed by atoms with van der Waals surface area (Å²) in [6.45, 7) is 6.82. The number of likely N-dealkylation sites (N-methyl/N-ethyl adjacent to an activating group) is 1. The van der Waals surface area contributed by atoms with Crippen molar-refractivity contribution in [2.45, 2.75) is 39.0 Å². The molecule has 1 aliphatic heterocycles. The minimum atomic E-state index is 0.232. The summed E-state index contributed by atoms with van der Waals surface area (Å²) < 4.78 is 0. The lowest BCUT2D eigenvalue weighted by Crippen LogP contribution is -2.46. The highest BCUT2D eigenvalue weighted by molar-refractivity contribution is 7.14. The largest absolute Gasteiger partial charge is 0.304 e. The first-order valence-electron chi connectivity index (χ1n) is 8.72. The van der Waals surface area contributed by atoms with Crippen molar-refractivity contribution in [3.63, 3.8) is 0 Å². The summed E-state index contributed by atoms with van der Waals surface area (Å²) in [5.74, 6) is 6.67. The third kappa shape index (κ3) is 6.47. The van der Waals surface area contributed by atoms with Gasteiger partial charge in [-0.2, -0.15) is 0 Å². The van der Waals surface area contributed by atoms with E-state index in [9.17, 15) is 4.79 Å². The Hall–Kier alpha value is -1.15. The molecule has 0 aliphatic carbocycles. The Morgan fingerprint density at radius 3 is 2.70 bits per heavy atom. The predicted molar refractivity (Wildman–Crippen MR) is 98.2 cm³/mol. The average molecular weight is 333 g/mol. The standard InChI is InChI=1S/C19H28N2OS/c1-3-4-5-6-7-8-9-17-10-11-19(23-17)18(22)16-21-14-12-20(2)13-15-21/h10-11H,3-7,12-16H2,1-2H3. The van der Waals surface area contributed by atoms with E-state index in [2.05, 4.69) is 35.6 Å². The summed E-state index contributed by atoms with van der Waals surface area (Å²) in [5, 5.41) is 0. The smallest absolute Gasteiger partial charge is 0.186 e. The van der Waals surface area contributed by atoms with Gasteiger partial charge >= 0.3 is 0 Å². The fourth-order valence-electron chi connectivity index (χ4n) is 2.63. The van der Waals surface area contributed by atoms with Crippen LogP contribution in [0.5, 0.6) is 0 Å². The quantitative estimate of drug-likeness (QED) is 0.434. The molecule has 0 radical (unpaired) electrons. The molecule has 0 N–H and O–H groups in total. The van der Waals surface area contributed by atoms with Crippen molar-refractivity contribution in [3.8, 4) is 11.8 Å². The number of thiophene rings is 1. The summed E-state index contributed by atoms with van der Waals surface area (Å²) >= 11 is 1.54. The van der Waals surface area contributed by atoms with Crippen LogP contribution in [0.1, 0.15) is 53.6 Å². The molecular weight excluding hydrogens is 304 g/mol. The maximum Gasteiger partial charge on any atom is 0.186 e. The molecule has 0 amide bonds. The summed E-state index contributed by atoms with van der Waals surface area (Å²) in [6.07, 6.45) is 5.97. The molecule has 3 nitrogen and oxygen atoms in total. The van der Waals surface area contributed by atoms with Crippen molar-refractivity contribution in [2.24, 2.45) is 0 Å². The maximum absolute atomic E-state index is 12.4. The molecule has 1 aromatic heterocycles. The van der Waals surface area contributed by atoms with Gasteiger partial charge in [-0.05, 0) is 25.6 Å². The number of Topliss-reactive ketones (excluding diaryl/α,β-unsaturated/α-hetero) is 1. The number of unbranched alkanes of at least 4 members (excludes halogenated alkanes) is 4. The van der Waals surface area contributed by atoms with Crippen LogP contribution in [0.15, 0.2) is 12.1 Å². The molecule has 0 atom stereocenters. The molecule has 1 fully saturated rings. The molecular formula is C19H28N2OS. The number of piperazine rings is 1. The molecule has 126 valence electrons. The van der Waals surface area contributed by atoms with Gasteiger partial charge in [0.25, 0.3) is 0 Å². The number of carbonyl (C=O) groups excluding carboxylic acids is 1. The molecule has 0 saturated carbocycles. The Labute approximate surface area is 144 Å². The van der Waals surface area contributed by atoms with Crippen LogP contribution in [0.4, 0.5) is 0 Å². The van der Waals surface area contributed by atoms with Gasteiger partial charge in [-0.1, -0.05) is 38.0 Å². The van der Waals surface area contributed by atoms with Gasteiger partial charge < -0.3 is 4.90 Å². The molecule has 0 aromatic carbocycles. The zero-order chi connectivity index (χ0) is 16.5. The minimum Gasteiger partial charge on any atom is -0.304 e. The average Bonchev–Trinajstić information content (AvgIpc) is 3.02. The van der Waals surface area contributed by atoms with Gasteiger partial charge in [0.05, 0.1) is 16.3 Å². The van der Waals surface area contributed by atoms with Crippen LogP contribution in [0.25, 0.3) is 0 Å². The summed E-state index contributed by atoms with van der Waals surface area (Å²) in [4.78, 5) is 18.8. The van der Waals surface area contributed by atoms with Crippen molar-refractivity contribution in [1.29, 1.82) is 0 Å². The monoisotopic (exact) mass is 332 g/mol. The summed E-state index contributed by atoms with van der Waals surface area (Å²) in [6, 6.07) is 3.92. The molecule has 2 heterocycles. The van der Waals surface area contributed by atoms with E-state index < -0.39 is 0 Å². The number of ketones is 1. The maximum atomic E-state index is 12.4. The highest BCUT2D eigenvalue weighted by atomic mass is 32.1. The van der Waals surface area contributed by atoms with Crippen molar-refractivity contribution >= 4 is 17.1 Å². The Kier molecular flexibility index (Phi) is 7.81. The first-order chi connectivity index (χ1) is 11.2. The van der Waals surface area contributed by atoms with E-state index in [1.165, 1.54) is 37.0 Å². The van der Waals surface area contributed by atoms with E-state index in [4.69, 9.17) is 0 Å². The molecule has 2 rings (SSSR count). The number of hydrogen-bond donors (Lipinski definition) is 0. The second-order valence-corrected chi connectivity index (χ2v) is 7.36. The van der Waals surface area contributed by atoms with Gasteiger partial charge in [-0.15, -0.1) is 11.3 Å². The third-order valence-corrected chi connectivity index (χ3v) is 5.25. The van der Waals surface area contributed by atoms with Gasteiger partial charge in [0.15, 0.2) is 5.78 Å². The predicted octanol–water partition coefficient (Wildman–Crippen LogP) is 3.50. The van der Waals surface area contributed by atoms with E-state index in [0.717, 1.165) is 42.4 Å². The van der Waals surface area contributed by atoms with Crippen molar-refractivity contribution in [2.75, 3.05) is 39.8 Å². The van der Waals surface area contributed by atoms with Gasteiger partial charge in [0.2, 0.25) is 0 Å². The first-order valence-corrected chi connectivity index (χ1v) is 9.53. The second-order valence-electron chi connectivity index (χ2n) is 6.28. The molecule has 1 aliphatic rings. The summed E-state index contributed by atoms with van der Waals surface area (Å²) in [5.41, 5.74) is 0. The summed E-state index contributed by atoms with van der Waals surface area (Å²) in [7, 11) is 2.13. The highest BCUT2D eigenvalue weighted by Crippen LogP contribution is 2.17. The Morgan fingerprint density at radius 1 is 1.17 bits per heavy atom. The Bertz CT molecular complexity index is 547. The molecule has 0 spiro atoms. The third-order valence-electron chi connectivity index (χ3n) is 4.21. The van der Waals surface area contributed by atoms with Crippen LogP contribution in [0.2, 0.25) is 0 Å². The van der Waals surface area contributed by atoms with Crippen LogP contribution in [-0.4, -0.2) is 55.4 Å². The molecule has 1 saturated heterocycles. The minimum absolute atomic E-state index is 0.232. The molecule has 23 heavy (non-hydrogen) atoms. The van der Waals surface area contributed by atoms with Crippen LogP contribution in [0, 0.1) is 11.8 Å². The lowest BCUT2D eigenvalue weighted by molar-refractivity contribution is 0.0880. The number of nitrogens with zero attached hydrogens (tertiary/aromatic N) is 2. The van der Waals surface area contributed by atoms with Crippen LogP contribution in [-0.2, 0) is 0 Å². The molecule has 0 unspecified atom stereocenters. The normalized spacial score (nSPS) is 16.1.